The van der Waals surface area contributed by atoms with Crippen molar-refractivity contribution in [1.82, 2.24) is 25.1 Å². The second-order valence-electron chi connectivity index (χ2n) is 11.3. The Morgan fingerprint density at radius 2 is 1.80 bits per heavy atom. The van der Waals surface area contributed by atoms with Crippen LogP contribution >= 0.6 is 0 Å². The summed E-state index contributed by atoms with van der Waals surface area (Å²) >= 11 is 0. The number of hydrogen-bond acceptors (Lipinski definition) is 10. The quantitative estimate of drug-likeness (QED) is 0.0934. The minimum absolute atomic E-state index is 0.168. The van der Waals surface area contributed by atoms with E-state index in [0.717, 1.165) is 50.4 Å². The molecule has 1 aliphatic rings. The summed E-state index contributed by atoms with van der Waals surface area (Å²) in [7, 11) is 5.65. The maximum absolute atomic E-state index is 12.7. The van der Waals surface area contributed by atoms with E-state index in [4.69, 9.17) is 15.2 Å². The number of hydrogen-bond donors (Lipinski definition) is 4. The summed E-state index contributed by atoms with van der Waals surface area (Å²) in [4.78, 5) is 30.2. The highest BCUT2D eigenvalue weighted by Gasteiger charge is 2.16. The lowest BCUT2D eigenvalue weighted by molar-refractivity contribution is -0.122. The van der Waals surface area contributed by atoms with Gasteiger partial charge in [0.05, 0.1) is 20.0 Å². The molecule has 1 saturated heterocycles. The highest BCUT2D eigenvalue weighted by atomic mass is 16.5. The first-order valence-electron chi connectivity index (χ1n) is 15.6. The van der Waals surface area contributed by atoms with Crippen molar-refractivity contribution in [3.05, 3.63) is 60.4 Å². The largest absolute Gasteiger partial charge is 0.493 e. The number of likely N-dealkylation sites (tertiary alicyclic amines) is 1. The predicted molar refractivity (Wildman–Crippen MR) is 180 cm³/mol. The van der Waals surface area contributed by atoms with Crippen molar-refractivity contribution in [2.45, 2.75) is 44.7 Å². The molecule has 4 rings (SSSR count). The molecule has 5 N–H and O–H groups in total. The molecule has 0 radical (unpaired) electrons. The summed E-state index contributed by atoms with van der Waals surface area (Å²) in [5.74, 6) is 2.26. The molecule has 0 spiro atoms. The first-order chi connectivity index (χ1) is 21.9. The van der Waals surface area contributed by atoms with Gasteiger partial charge in [-0.3, -0.25) is 14.7 Å². The number of carbonyl (C=O) groups excluding carboxylic acids is 1. The highest BCUT2D eigenvalue weighted by molar-refractivity contribution is 5.83. The molecule has 12 nitrogen and oxygen atoms in total. The molecule has 1 amide bonds. The normalized spacial score (nSPS) is 14.0. The lowest BCUT2D eigenvalue weighted by atomic mass is 10.1. The van der Waals surface area contributed by atoms with Gasteiger partial charge < -0.3 is 36.1 Å². The average molecular weight is 618 g/mol. The average Bonchev–Trinajstić information content (AvgIpc) is 3.54. The Balaban J connectivity index is 1.30. The minimum atomic E-state index is -0.509. The third kappa shape index (κ3) is 11.2. The van der Waals surface area contributed by atoms with Crippen LogP contribution in [0.2, 0.25) is 0 Å². The second kappa shape index (κ2) is 17.8. The SMILES string of the molecule is COc1ccc(Nc2cc(Nc3cccc(CN4CCCC4)c3)ncn2)cc1OCCNC(=O)[C@H](CCCCN(C)C)N=CN. The van der Waals surface area contributed by atoms with E-state index in [2.05, 4.69) is 58.9 Å². The number of benzene rings is 2. The van der Waals surface area contributed by atoms with Crippen molar-refractivity contribution in [2.24, 2.45) is 10.7 Å². The van der Waals surface area contributed by atoms with E-state index in [0.29, 0.717) is 36.1 Å². The molecule has 0 saturated carbocycles. The number of unbranched alkanes of at least 4 members (excludes halogenated alkanes) is 1. The Labute approximate surface area is 266 Å². The molecule has 2 aromatic carbocycles. The number of rotatable bonds is 18. The third-order valence-electron chi connectivity index (χ3n) is 7.47. The van der Waals surface area contributed by atoms with Crippen LogP contribution in [0.3, 0.4) is 0 Å². The van der Waals surface area contributed by atoms with E-state index in [1.807, 2.05) is 44.4 Å². The Morgan fingerprint density at radius 1 is 1.04 bits per heavy atom. The van der Waals surface area contributed by atoms with Gasteiger partial charge in [-0.1, -0.05) is 12.1 Å². The monoisotopic (exact) mass is 617 g/mol. The summed E-state index contributed by atoms with van der Waals surface area (Å²) in [5, 5.41) is 9.61. The molecule has 3 aromatic rings. The van der Waals surface area contributed by atoms with E-state index in [-0.39, 0.29) is 12.5 Å². The lowest BCUT2D eigenvalue weighted by Crippen LogP contribution is -2.36. The minimum Gasteiger partial charge on any atom is -0.493 e. The van der Waals surface area contributed by atoms with Crippen LogP contribution in [0.25, 0.3) is 0 Å². The van der Waals surface area contributed by atoms with Crippen molar-refractivity contribution in [3.63, 3.8) is 0 Å². The summed E-state index contributed by atoms with van der Waals surface area (Å²) in [6, 6.07) is 15.3. The van der Waals surface area contributed by atoms with Crippen LogP contribution < -0.4 is 31.2 Å². The first kappa shape index (κ1) is 33.5. The van der Waals surface area contributed by atoms with Crippen molar-refractivity contribution in [2.75, 3.05) is 64.6 Å². The maximum atomic E-state index is 12.7. The Hall–Kier alpha value is -4.42. The molecule has 1 aromatic heterocycles. The Kier molecular flexibility index (Phi) is 13.2. The maximum Gasteiger partial charge on any atom is 0.244 e. The van der Waals surface area contributed by atoms with Gasteiger partial charge in [-0.25, -0.2) is 9.97 Å². The highest BCUT2D eigenvalue weighted by Crippen LogP contribution is 2.31. The van der Waals surface area contributed by atoms with Gasteiger partial charge in [0.1, 0.15) is 30.6 Å². The number of aromatic nitrogens is 2. The molecule has 1 aliphatic heterocycles. The van der Waals surface area contributed by atoms with Crippen LogP contribution in [-0.4, -0.2) is 92.0 Å². The molecule has 45 heavy (non-hydrogen) atoms. The zero-order valence-electron chi connectivity index (χ0n) is 26.7. The number of aliphatic imine (C=N–C) groups is 1. The molecule has 12 heteroatoms. The van der Waals surface area contributed by atoms with Crippen molar-refractivity contribution in [1.29, 1.82) is 0 Å². The van der Waals surface area contributed by atoms with Crippen molar-refractivity contribution >= 4 is 35.3 Å². The number of nitrogens with zero attached hydrogens (tertiary/aromatic N) is 5. The molecular weight excluding hydrogens is 570 g/mol. The topological polar surface area (TPSA) is 142 Å². The fourth-order valence-corrected chi connectivity index (χ4v) is 5.20. The molecule has 0 aliphatic carbocycles. The number of nitrogens with one attached hydrogen (secondary N) is 3. The van der Waals surface area contributed by atoms with Crippen LogP contribution in [0, 0.1) is 0 Å². The van der Waals surface area contributed by atoms with Gasteiger partial charge >= 0.3 is 0 Å². The van der Waals surface area contributed by atoms with Gasteiger partial charge in [-0.15, -0.1) is 0 Å². The zero-order valence-corrected chi connectivity index (χ0v) is 26.7. The molecule has 1 atom stereocenters. The number of anilines is 4. The van der Waals surface area contributed by atoms with Gasteiger partial charge in [0, 0.05) is 30.1 Å². The fraction of sp³-hybridized carbons (Fsp3) is 0.455. The zero-order chi connectivity index (χ0) is 31.9. The molecule has 1 fully saturated rings. The smallest absolute Gasteiger partial charge is 0.244 e. The first-order valence-corrected chi connectivity index (χ1v) is 15.6. The van der Waals surface area contributed by atoms with Gasteiger partial charge in [-0.05, 0) is 95.7 Å². The van der Waals surface area contributed by atoms with Gasteiger partial charge in [-0.2, -0.15) is 0 Å². The van der Waals surface area contributed by atoms with E-state index >= 15 is 0 Å². The second-order valence-corrected chi connectivity index (χ2v) is 11.3. The summed E-state index contributed by atoms with van der Waals surface area (Å²) < 4.78 is 11.5. The molecule has 0 unspecified atom stereocenters. The van der Waals surface area contributed by atoms with Crippen LogP contribution in [-0.2, 0) is 11.3 Å². The molecular formula is C33H47N9O3. The van der Waals surface area contributed by atoms with Crippen molar-refractivity contribution < 1.29 is 14.3 Å². The molecule has 0 bridgehead atoms. The van der Waals surface area contributed by atoms with E-state index in [9.17, 15) is 4.79 Å². The van der Waals surface area contributed by atoms with E-state index in [1.165, 1.54) is 31.1 Å². The van der Waals surface area contributed by atoms with Crippen LogP contribution in [0.1, 0.15) is 37.7 Å². The van der Waals surface area contributed by atoms with Crippen LogP contribution in [0.5, 0.6) is 11.5 Å². The van der Waals surface area contributed by atoms with E-state index < -0.39 is 6.04 Å². The molecule has 2 heterocycles. The van der Waals surface area contributed by atoms with Gasteiger partial charge in [0.2, 0.25) is 5.91 Å². The Bertz CT molecular complexity index is 1380. The van der Waals surface area contributed by atoms with Crippen molar-refractivity contribution in [3.8, 4) is 11.5 Å². The van der Waals surface area contributed by atoms with E-state index in [1.54, 1.807) is 7.11 Å². The molecule has 242 valence electrons. The van der Waals surface area contributed by atoms with Gasteiger partial charge in [0.25, 0.3) is 0 Å². The number of ether oxygens (including phenoxy) is 2. The fourth-order valence-electron chi connectivity index (χ4n) is 5.20. The summed E-state index contributed by atoms with van der Waals surface area (Å²) in [5.41, 5.74) is 8.51. The number of methoxy groups -OCH3 is 1. The number of carbonyl (C=O) groups is 1. The van der Waals surface area contributed by atoms with Gasteiger partial charge in [0.15, 0.2) is 11.5 Å². The number of amides is 1. The summed E-state index contributed by atoms with van der Waals surface area (Å²) in [6.07, 6.45) is 7.78. The predicted octanol–water partition coefficient (Wildman–Crippen LogP) is 4.15. The third-order valence-corrected chi connectivity index (χ3v) is 7.47. The lowest BCUT2D eigenvalue weighted by Gasteiger charge is -2.16. The standard InChI is InChI=1S/C33H47N9O3/c1-41(2)15-5-4-11-28(36-23-34)33(43)35-14-18-45-30-20-27(12-13-29(30)44-3)40-32-21-31(37-24-38-32)39-26-10-8-9-25(19-26)22-42-16-6-7-17-42/h8-10,12-13,19-21,23-24,28H,4-7,11,14-18,22H2,1-3H3,(H2,34,36)(H,35,43)(H2,37,38,39,40)/t28-/m0/s1. The number of nitrogens with two attached hydrogens (primary N) is 1. The summed E-state index contributed by atoms with van der Waals surface area (Å²) in [6.45, 7) is 4.82. The van der Waals surface area contributed by atoms with Crippen LogP contribution in [0.4, 0.5) is 23.0 Å². The van der Waals surface area contributed by atoms with Crippen LogP contribution in [0.15, 0.2) is 59.9 Å². The Morgan fingerprint density at radius 3 is 2.51 bits per heavy atom.